The second-order valence-corrected chi connectivity index (χ2v) is 6.07. The van der Waals surface area contributed by atoms with Gasteiger partial charge in [-0.25, -0.2) is 13.8 Å². The van der Waals surface area contributed by atoms with Gasteiger partial charge in [-0.1, -0.05) is 18.2 Å². The van der Waals surface area contributed by atoms with Gasteiger partial charge in [-0.15, -0.1) is 0 Å². The summed E-state index contributed by atoms with van der Waals surface area (Å²) in [6.07, 6.45) is 4.15. The predicted octanol–water partition coefficient (Wildman–Crippen LogP) is 5.04. The minimum atomic E-state index is -0.725. The smallest absolute Gasteiger partial charge is 0.244 e. The van der Waals surface area contributed by atoms with Crippen LogP contribution in [0.15, 0.2) is 72.9 Å². The molecule has 0 saturated carbocycles. The lowest BCUT2D eigenvalue weighted by atomic mass is 10.1. The lowest BCUT2D eigenvalue weighted by Gasteiger charge is -2.14. The molecule has 1 amide bonds. The van der Waals surface area contributed by atoms with Crippen molar-refractivity contribution in [3.05, 3.63) is 95.7 Å². The van der Waals surface area contributed by atoms with Gasteiger partial charge >= 0.3 is 0 Å². The number of ether oxygens (including phenoxy) is 1. The van der Waals surface area contributed by atoms with E-state index < -0.39 is 17.5 Å². The quantitative estimate of drug-likeness (QED) is 0.610. The average molecular weight is 380 g/mol. The van der Waals surface area contributed by atoms with Crippen LogP contribution in [-0.4, -0.2) is 10.9 Å². The maximum absolute atomic E-state index is 13.6. The minimum absolute atomic E-state index is 0.134. The highest BCUT2D eigenvalue weighted by molar-refractivity contribution is 5.92. The molecule has 1 aromatic heterocycles. The highest BCUT2D eigenvalue weighted by atomic mass is 19.1. The van der Waals surface area contributed by atoms with Gasteiger partial charge in [0.25, 0.3) is 0 Å². The number of carbonyl (C=O) groups excluding carboxylic acids is 1. The normalized spacial score (nSPS) is 12.0. The van der Waals surface area contributed by atoms with E-state index in [1.54, 1.807) is 24.4 Å². The Morgan fingerprint density at radius 3 is 2.71 bits per heavy atom. The Kier molecular flexibility index (Phi) is 6.11. The molecule has 28 heavy (non-hydrogen) atoms. The zero-order valence-electron chi connectivity index (χ0n) is 15.1. The number of pyridine rings is 1. The Hall–Kier alpha value is -3.54. The van der Waals surface area contributed by atoms with E-state index in [4.69, 9.17) is 4.74 Å². The van der Waals surface area contributed by atoms with E-state index in [0.717, 1.165) is 17.7 Å². The SMILES string of the molecule is CC(NC(=O)C=Cc1ccc(F)cc1F)c1cccc(Oc2ccccn2)c1. The highest BCUT2D eigenvalue weighted by Crippen LogP contribution is 2.23. The van der Waals surface area contributed by atoms with E-state index in [0.29, 0.717) is 11.6 Å². The number of aromatic nitrogens is 1. The summed E-state index contributed by atoms with van der Waals surface area (Å²) >= 11 is 0. The van der Waals surface area contributed by atoms with Crippen LogP contribution in [0.3, 0.4) is 0 Å². The zero-order chi connectivity index (χ0) is 19.9. The molecule has 1 N–H and O–H groups in total. The van der Waals surface area contributed by atoms with Crippen molar-refractivity contribution in [2.75, 3.05) is 0 Å². The van der Waals surface area contributed by atoms with Crippen LogP contribution >= 0.6 is 0 Å². The largest absolute Gasteiger partial charge is 0.439 e. The van der Waals surface area contributed by atoms with Gasteiger partial charge in [0.2, 0.25) is 11.8 Å². The molecule has 0 aliphatic heterocycles. The van der Waals surface area contributed by atoms with Crippen molar-refractivity contribution in [3.8, 4) is 11.6 Å². The van der Waals surface area contributed by atoms with Crippen molar-refractivity contribution < 1.29 is 18.3 Å². The first-order chi connectivity index (χ1) is 13.5. The van der Waals surface area contributed by atoms with E-state index in [1.165, 1.54) is 18.2 Å². The summed E-state index contributed by atoms with van der Waals surface area (Å²) in [6.45, 7) is 1.82. The van der Waals surface area contributed by atoms with Gasteiger partial charge in [-0.05, 0) is 48.9 Å². The van der Waals surface area contributed by atoms with Crippen LogP contribution < -0.4 is 10.1 Å². The lowest BCUT2D eigenvalue weighted by Crippen LogP contribution is -2.24. The highest BCUT2D eigenvalue weighted by Gasteiger charge is 2.09. The summed E-state index contributed by atoms with van der Waals surface area (Å²) in [5, 5.41) is 2.79. The molecule has 142 valence electrons. The van der Waals surface area contributed by atoms with Gasteiger partial charge in [0.05, 0.1) is 6.04 Å². The molecule has 3 rings (SSSR count). The van der Waals surface area contributed by atoms with E-state index in [1.807, 2.05) is 31.2 Å². The van der Waals surface area contributed by atoms with Gasteiger partial charge < -0.3 is 10.1 Å². The fourth-order valence-corrected chi connectivity index (χ4v) is 2.52. The number of benzene rings is 2. The molecule has 0 aliphatic carbocycles. The van der Waals surface area contributed by atoms with E-state index in [9.17, 15) is 13.6 Å². The number of nitrogens with zero attached hydrogens (tertiary/aromatic N) is 1. The molecule has 6 heteroatoms. The van der Waals surface area contributed by atoms with Crippen LogP contribution in [0.1, 0.15) is 24.1 Å². The molecule has 0 radical (unpaired) electrons. The van der Waals surface area contributed by atoms with Crippen LogP contribution in [0.4, 0.5) is 8.78 Å². The zero-order valence-corrected chi connectivity index (χ0v) is 15.1. The minimum Gasteiger partial charge on any atom is -0.439 e. The summed E-state index contributed by atoms with van der Waals surface area (Å²) < 4.78 is 32.2. The van der Waals surface area contributed by atoms with Crippen molar-refractivity contribution in [3.63, 3.8) is 0 Å². The Labute approximate surface area is 161 Å². The molecule has 0 bridgehead atoms. The second-order valence-electron chi connectivity index (χ2n) is 6.07. The maximum atomic E-state index is 13.6. The summed E-state index contributed by atoms with van der Waals surface area (Å²) in [5.74, 6) is -0.717. The molecule has 0 saturated heterocycles. The maximum Gasteiger partial charge on any atom is 0.244 e. The monoisotopic (exact) mass is 380 g/mol. The van der Waals surface area contributed by atoms with Crippen LogP contribution in [0.25, 0.3) is 6.08 Å². The van der Waals surface area contributed by atoms with E-state index in [2.05, 4.69) is 10.3 Å². The first-order valence-electron chi connectivity index (χ1n) is 8.64. The molecular weight excluding hydrogens is 362 g/mol. The molecule has 0 fully saturated rings. The van der Waals surface area contributed by atoms with Gasteiger partial charge in [0.1, 0.15) is 17.4 Å². The number of halogens is 2. The molecule has 1 atom stereocenters. The van der Waals surface area contributed by atoms with Crippen molar-refractivity contribution in [1.29, 1.82) is 0 Å². The number of hydrogen-bond donors (Lipinski definition) is 1. The fourth-order valence-electron chi connectivity index (χ4n) is 2.52. The first-order valence-corrected chi connectivity index (χ1v) is 8.64. The second kappa shape index (κ2) is 8.90. The van der Waals surface area contributed by atoms with Gasteiger partial charge in [-0.3, -0.25) is 4.79 Å². The summed E-state index contributed by atoms with van der Waals surface area (Å²) in [6, 6.07) is 15.5. The van der Waals surface area contributed by atoms with Gasteiger partial charge in [-0.2, -0.15) is 0 Å². The number of hydrogen-bond acceptors (Lipinski definition) is 3. The number of amides is 1. The Bertz CT molecular complexity index is 991. The third-order valence-corrected chi connectivity index (χ3v) is 3.95. The summed E-state index contributed by atoms with van der Waals surface area (Å²) in [4.78, 5) is 16.2. The average Bonchev–Trinajstić information content (AvgIpc) is 2.68. The third kappa shape index (κ3) is 5.23. The molecule has 4 nitrogen and oxygen atoms in total. The Morgan fingerprint density at radius 1 is 1.11 bits per heavy atom. The standard InChI is InChI=1S/C22H18F2N2O2/c1-15(26-21(27)11-9-16-8-10-18(23)14-20(16)24)17-5-4-6-19(13-17)28-22-7-2-3-12-25-22/h2-15H,1H3,(H,26,27). The Balaban J connectivity index is 1.63. The molecule has 2 aromatic carbocycles. The summed E-state index contributed by atoms with van der Waals surface area (Å²) in [7, 11) is 0. The molecule has 0 aliphatic rings. The molecule has 0 spiro atoms. The Morgan fingerprint density at radius 2 is 1.96 bits per heavy atom. The van der Waals surface area contributed by atoms with E-state index in [-0.39, 0.29) is 11.6 Å². The van der Waals surface area contributed by atoms with E-state index >= 15 is 0 Å². The van der Waals surface area contributed by atoms with Crippen molar-refractivity contribution >= 4 is 12.0 Å². The molecule has 1 unspecified atom stereocenters. The number of nitrogens with one attached hydrogen (secondary N) is 1. The fraction of sp³-hybridized carbons (Fsp3) is 0.0909. The molecular formula is C22H18F2N2O2. The lowest BCUT2D eigenvalue weighted by molar-refractivity contribution is -0.117. The van der Waals surface area contributed by atoms with Crippen molar-refractivity contribution in [2.45, 2.75) is 13.0 Å². The number of carbonyl (C=O) groups is 1. The van der Waals surface area contributed by atoms with Crippen LogP contribution in [-0.2, 0) is 4.79 Å². The van der Waals surface area contributed by atoms with Gasteiger partial charge in [0, 0.05) is 30.0 Å². The van der Waals surface area contributed by atoms with Crippen molar-refractivity contribution in [1.82, 2.24) is 10.3 Å². The van der Waals surface area contributed by atoms with Crippen LogP contribution in [0.2, 0.25) is 0 Å². The van der Waals surface area contributed by atoms with Crippen LogP contribution in [0, 0.1) is 11.6 Å². The molecule has 1 heterocycles. The number of rotatable bonds is 6. The molecule has 3 aromatic rings. The van der Waals surface area contributed by atoms with Crippen molar-refractivity contribution in [2.24, 2.45) is 0 Å². The van der Waals surface area contributed by atoms with Crippen LogP contribution in [0.5, 0.6) is 11.6 Å². The first kappa shape index (κ1) is 19.2. The summed E-state index contributed by atoms with van der Waals surface area (Å²) in [5.41, 5.74) is 0.970. The third-order valence-electron chi connectivity index (χ3n) is 3.95. The van der Waals surface area contributed by atoms with Gasteiger partial charge in [0.15, 0.2) is 0 Å². The topological polar surface area (TPSA) is 51.2 Å². The predicted molar refractivity (Wildman–Crippen MR) is 103 cm³/mol.